The predicted octanol–water partition coefficient (Wildman–Crippen LogP) is 5.18. The summed E-state index contributed by atoms with van der Waals surface area (Å²) >= 11 is 0. The van der Waals surface area contributed by atoms with E-state index in [9.17, 15) is 9.59 Å². The Morgan fingerprint density at radius 1 is 0.951 bits per heavy atom. The molecule has 0 saturated carbocycles. The van der Waals surface area contributed by atoms with Crippen molar-refractivity contribution in [2.45, 2.75) is 32.4 Å². The number of anilines is 2. The van der Waals surface area contributed by atoms with E-state index in [1.165, 1.54) is 11.3 Å². The Balaban J connectivity index is 1.34. The normalized spacial score (nSPS) is 15.1. The number of amides is 3. The van der Waals surface area contributed by atoms with Crippen LogP contribution >= 0.6 is 0 Å². The molecule has 3 aromatic carbocycles. The maximum absolute atomic E-state index is 13.8. The molecule has 1 aliphatic heterocycles. The van der Waals surface area contributed by atoms with Gasteiger partial charge in [-0.3, -0.25) is 4.79 Å². The second-order valence-corrected chi connectivity index (χ2v) is 11.2. The number of piperazine rings is 1. The molecule has 1 aromatic heterocycles. The van der Waals surface area contributed by atoms with Crippen molar-refractivity contribution in [2.24, 2.45) is 0 Å². The molecule has 0 spiro atoms. The number of hydrogen-bond acceptors (Lipinski definition) is 4. The first-order valence-corrected chi connectivity index (χ1v) is 14.3. The van der Waals surface area contributed by atoms with Crippen LogP contribution < -0.4 is 15.5 Å². The van der Waals surface area contributed by atoms with Gasteiger partial charge in [0.05, 0.1) is 0 Å². The molecule has 41 heavy (non-hydrogen) atoms. The molecule has 214 valence electrons. The Morgan fingerprint density at radius 2 is 1.68 bits per heavy atom. The maximum atomic E-state index is 13.8. The van der Waals surface area contributed by atoms with E-state index in [-0.39, 0.29) is 17.9 Å². The van der Waals surface area contributed by atoms with Crippen LogP contribution in [0.4, 0.5) is 16.2 Å². The number of aryl methyl sites for hydroxylation is 1. The summed E-state index contributed by atoms with van der Waals surface area (Å²) < 4.78 is 0. The third-order valence-electron chi connectivity index (χ3n) is 7.89. The molecule has 4 aromatic rings. The van der Waals surface area contributed by atoms with E-state index >= 15 is 0 Å². The zero-order valence-electron chi connectivity index (χ0n) is 24.4. The van der Waals surface area contributed by atoms with Crippen LogP contribution in [0.1, 0.15) is 29.5 Å². The Morgan fingerprint density at radius 3 is 2.44 bits per heavy atom. The van der Waals surface area contributed by atoms with Crippen molar-refractivity contribution >= 4 is 34.2 Å². The van der Waals surface area contributed by atoms with Crippen molar-refractivity contribution in [1.82, 2.24) is 20.1 Å². The maximum Gasteiger partial charge on any atom is 0.318 e. The van der Waals surface area contributed by atoms with Crippen LogP contribution in [0.25, 0.3) is 10.9 Å². The highest BCUT2D eigenvalue weighted by atomic mass is 16.2. The smallest absolute Gasteiger partial charge is 0.318 e. The zero-order chi connectivity index (χ0) is 28.9. The molecule has 0 unspecified atom stereocenters. The Hall–Kier alpha value is -4.30. The van der Waals surface area contributed by atoms with E-state index in [0.717, 1.165) is 41.7 Å². The fraction of sp³-hybridized carbons (Fsp3) is 0.333. The summed E-state index contributed by atoms with van der Waals surface area (Å²) in [5, 5.41) is 7.24. The minimum atomic E-state index is -0.770. The second kappa shape index (κ2) is 12.5. The molecular weight excluding hydrogens is 512 g/mol. The molecule has 3 amide bonds. The molecule has 0 aliphatic carbocycles. The average Bonchev–Trinajstić information content (AvgIpc) is 3.40. The molecule has 0 bridgehead atoms. The number of rotatable bonds is 8. The van der Waals surface area contributed by atoms with Gasteiger partial charge in [0.2, 0.25) is 5.91 Å². The van der Waals surface area contributed by atoms with E-state index in [0.29, 0.717) is 18.8 Å². The molecule has 2 atom stereocenters. The summed E-state index contributed by atoms with van der Waals surface area (Å²) in [6.45, 7) is 7.53. The lowest BCUT2D eigenvalue weighted by molar-refractivity contribution is -0.118. The Bertz CT molecular complexity index is 1500. The number of nitrogens with one attached hydrogen (secondary N) is 3. The molecule has 1 saturated heterocycles. The van der Waals surface area contributed by atoms with Crippen molar-refractivity contribution in [2.75, 3.05) is 50.5 Å². The minimum absolute atomic E-state index is 0.220. The first-order chi connectivity index (χ1) is 19.8. The van der Waals surface area contributed by atoms with Crippen molar-refractivity contribution in [3.05, 3.63) is 95.7 Å². The van der Waals surface area contributed by atoms with Gasteiger partial charge in [0, 0.05) is 67.1 Å². The summed E-state index contributed by atoms with van der Waals surface area (Å²) in [4.78, 5) is 37.0. The fourth-order valence-electron chi connectivity index (χ4n) is 5.69. The number of urea groups is 1. The Labute approximate surface area is 242 Å². The molecule has 3 N–H and O–H groups in total. The monoisotopic (exact) mass is 552 g/mol. The quantitative estimate of drug-likeness (QED) is 0.281. The third-order valence-corrected chi connectivity index (χ3v) is 7.89. The van der Waals surface area contributed by atoms with E-state index in [1.54, 1.807) is 0 Å². The number of carbonyl (C=O) groups excluding carboxylic acids is 2. The van der Waals surface area contributed by atoms with Gasteiger partial charge >= 0.3 is 6.03 Å². The first kappa shape index (κ1) is 28.2. The van der Waals surface area contributed by atoms with Gasteiger partial charge in [-0.2, -0.15) is 0 Å². The SMILES string of the molecule is Cc1ccccc1N1CCN(C(=O)N[C@@H](C(=O)Nc2cccc(CN(C)C)c2)[C@H](C)c2c[nH]c3ccccc23)CC1. The average molecular weight is 553 g/mol. The number of nitrogens with zero attached hydrogens (tertiary/aromatic N) is 3. The number of hydrogen-bond donors (Lipinski definition) is 3. The Kier molecular flexibility index (Phi) is 8.59. The van der Waals surface area contributed by atoms with Gasteiger partial charge in [-0.05, 0) is 62.0 Å². The van der Waals surface area contributed by atoms with Crippen LogP contribution in [-0.4, -0.2) is 73.0 Å². The molecule has 1 aliphatic rings. The van der Waals surface area contributed by atoms with Crippen LogP contribution in [0.5, 0.6) is 0 Å². The summed E-state index contributed by atoms with van der Waals surface area (Å²) in [5.74, 6) is -0.509. The number of carbonyl (C=O) groups is 2. The van der Waals surface area contributed by atoms with Gasteiger partial charge in [0.25, 0.3) is 0 Å². The lowest BCUT2D eigenvalue weighted by Gasteiger charge is -2.37. The van der Waals surface area contributed by atoms with Gasteiger partial charge in [-0.25, -0.2) is 4.79 Å². The van der Waals surface area contributed by atoms with Gasteiger partial charge < -0.3 is 30.3 Å². The van der Waals surface area contributed by atoms with Crippen LogP contribution in [0.3, 0.4) is 0 Å². The zero-order valence-corrected chi connectivity index (χ0v) is 24.4. The second-order valence-electron chi connectivity index (χ2n) is 11.2. The van der Waals surface area contributed by atoms with Gasteiger partial charge in [-0.1, -0.05) is 55.5 Å². The number of fused-ring (bicyclic) bond motifs is 1. The molecule has 1 fully saturated rings. The van der Waals surface area contributed by atoms with Crippen LogP contribution in [0.15, 0.2) is 79.0 Å². The van der Waals surface area contributed by atoms with Gasteiger partial charge in [-0.15, -0.1) is 0 Å². The summed E-state index contributed by atoms with van der Waals surface area (Å²) in [6, 6.07) is 23.2. The number of aromatic nitrogens is 1. The molecule has 8 heteroatoms. The lowest BCUT2D eigenvalue weighted by Crippen LogP contribution is -2.56. The summed E-state index contributed by atoms with van der Waals surface area (Å²) in [6.07, 6.45) is 1.94. The van der Waals surface area contributed by atoms with Crippen LogP contribution in [0, 0.1) is 6.92 Å². The fourth-order valence-corrected chi connectivity index (χ4v) is 5.69. The van der Waals surface area contributed by atoms with Gasteiger partial charge in [0.15, 0.2) is 0 Å². The molecule has 2 heterocycles. The van der Waals surface area contributed by atoms with E-state index in [2.05, 4.69) is 44.5 Å². The number of para-hydroxylation sites is 2. The van der Waals surface area contributed by atoms with Crippen molar-refractivity contribution in [3.8, 4) is 0 Å². The third kappa shape index (κ3) is 6.55. The van der Waals surface area contributed by atoms with Crippen molar-refractivity contribution in [3.63, 3.8) is 0 Å². The van der Waals surface area contributed by atoms with E-state index < -0.39 is 6.04 Å². The number of aromatic amines is 1. The molecule has 0 radical (unpaired) electrons. The van der Waals surface area contributed by atoms with Gasteiger partial charge in [0.1, 0.15) is 6.04 Å². The van der Waals surface area contributed by atoms with Crippen LogP contribution in [0.2, 0.25) is 0 Å². The van der Waals surface area contributed by atoms with E-state index in [4.69, 9.17) is 0 Å². The number of H-pyrrole nitrogens is 1. The minimum Gasteiger partial charge on any atom is -0.368 e. The van der Waals surface area contributed by atoms with Crippen molar-refractivity contribution < 1.29 is 9.59 Å². The highest BCUT2D eigenvalue weighted by Gasteiger charge is 2.32. The predicted molar refractivity (Wildman–Crippen MR) is 166 cm³/mol. The largest absolute Gasteiger partial charge is 0.368 e. The van der Waals surface area contributed by atoms with Crippen molar-refractivity contribution in [1.29, 1.82) is 0 Å². The van der Waals surface area contributed by atoms with Crippen LogP contribution in [-0.2, 0) is 11.3 Å². The van der Waals surface area contributed by atoms with E-state index in [1.807, 2.05) is 92.8 Å². The highest BCUT2D eigenvalue weighted by molar-refractivity contribution is 5.98. The molecular formula is C33H40N6O2. The lowest BCUT2D eigenvalue weighted by atomic mass is 9.92. The first-order valence-electron chi connectivity index (χ1n) is 14.3. The summed E-state index contributed by atoms with van der Waals surface area (Å²) in [5.41, 5.74) is 6.24. The summed E-state index contributed by atoms with van der Waals surface area (Å²) in [7, 11) is 4.03. The standard InChI is InChI=1S/C33H40N6O2/c1-23-10-5-8-15-30(23)38-16-18-39(19-17-38)33(41)36-31(24(2)28-21-34-29-14-7-6-13-27(28)29)32(40)35-26-12-9-11-25(20-26)22-37(3)4/h5-15,20-21,24,31,34H,16-19,22H2,1-4H3,(H,35,40)(H,36,41)/t24-,31-/m1/s1. The topological polar surface area (TPSA) is 83.7 Å². The molecule has 8 nitrogen and oxygen atoms in total. The molecule has 5 rings (SSSR count). The highest BCUT2D eigenvalue weighted by Crippen LogP contribution is 2.29. The number of benzene rings is 3.